The lowest BCUT2D eigenvalue weighted by molar-refractivity contribution is 0.0950. The zero-order valence-electron chi connectivity index (χ0n) is 21.2. The molecule has 0 aliphatic heterocycles. The lowest BCUT2D eigenvalue weighted by Crippen LogP contribution is -2.37. The number of aromatic nitrogens is 1. The maximum atomic E-state index is 12.0. The van der Waals surface area contributed by atoms with Crippen molar-refractivity contribution < 1.29 is 4.79 Å². The van der Waals surface area contributed by atoms with Crippen LogP contribution in [0.25, 0.3) is 10.8 Å². The van der Waals surface area contributed by atoms with Gasteiger partial charge in [0.15, 0.2) is 0 Å². The predicted molar refractivity (Wildman–Crippen MR) is 146 cm³/mol. The van der Waals surface area contributed by atoms with Gasteiger partial charge in [-0.15, -0.1) is 0 Å². The van der Waals surface area contributed by atoms with Crippen molar-refractivity contribution in [2.75, 3.05) is 13.1 Å². The highest BCUT2D eigenvalue weighted by molar-refractivity contribution is 5.93. The molecule has 2 aromatic carbocycles. The Kier molecular flexibility index (Phi) is 11.7. The summed E-state index contributed by atoms with van der Waals surface area (Å²) in [5.41, 5.74) is 8.12. The lowest BCUT2D eigenvalue weighted by atomic mass is 9.99. The number of nitrogens with zero attached hydrogens (tertiary/aromatic N) is 1. The molecular formula is C30H42N4O. The molecule has 2 atom stereocenters. The highest BCUT2D eigenvalue weighted by atomic mass is 16.1. The molecule has 188 valence electrons. The molecule has 5 heteroatoms. The Labute approximate surface area is 210 Å². The van der Waals surface area contributed by atoms with Crippen molar-refractivity contribution in [3.05, 3.63) is 78.1 Å². The maximum absolute atomic E-state index is 12.0. The summed E-state index contributed by atoms with van der Waals surface area (Å²) in [7, 11) is 0. The summed E-state index contributed by atoms with van der Waals surface area (Å²) in [4.78, 5) is 16.0. The monoisotopic (exact) mass is 474 g/mol. The standard InChI is InChI=1S/C30H42N4O/c1-24(28-19-12-15-25-14-9-10-18-29(25)28)33-21-11-7-5-3-2-4-6-8-17-27(31)23-34-30(35)26-16-13-20-32-22-26/h9-10,12-16,18-20,22,24,27,33H,2-8,11,17,21,23,31H2,1H3,(H,34,35). The molecule has 0 saturated carbocycles. The van der Waals surface area contributed by atoms with E-state index in [4.69, 9.17) is 5.73 Å². The summed E-state index contributed by atoms with van der Waals surface area (Å²) in [6.07, 6.45) is 14.2. The minimum atomic E-state index is -0.105. The van der Waals surface area contributed by atoms with Crippen molar-refractivity contribution in [1.82, 2.24) is 15.6 Å². The Bertz CT molecular complexity index is 1000. The number of carbonyl (C=O) groups is 1. The van der Waals surface area contributed by atoms with Crippen LogP contribution in [0.15, 0.2) is 67.0 Å². The van der Waals surface area contributed by atoms with Gasteiger partial charge in [-0.25, -0.2) is 0 Å². The van der Waals surface area contributed by atoms with Crippen molar-refractivity contribution in [3.63, 3.8) is 0 Å². The van der Waals surface area contributed by atoms with Crippen LogP contribution in [0.2, 0.25) is 0 Å². The Morgan fingerprint density at radius 2 is 1.60 bits per heavy atom. The van der Waals surface area contributed by atoms with E-state index in [1.165, 1.54) is 61.3 Å². The van der Waals surface area contributed by atoms with Gasteiger partial charge in [0.2, 0.25) is 0 Å². The molecule has 0 fully saturated rings. The summed E-state index contributed by atoms with van der Waals surface area (Å²) in [6.45, 7) is 3.85. The SMILES string of the molecule is CC(NCCCCCCCCCCC(N)CNC(=O)c1cccnc1)c1cccc2ccccc12. The number of hydrogen-bond acceptors (Lipinski definition) is 4. The van der Waals surface area contributed by atoms with Crippen LogP contribution in [0.3, 0.4) is 0 Å². The number of pyridine rings is 1. The van der Waals surface area contributed by atoms with Crippen LogP contribution in [-0.2, 0) is 0 Å². The third kappa shape index (κ3) is 9.42. The summed E-state index contributed by atoms with van der Waals surface area (Å²) in [5.74, 6) is -0.105. The maximum Gasteiger partial charge on any atom is 0.252 e. The number of nitrogens with two attached hydrogens (primary N) is 1. The molecule has 1 heterocycles. The number of amides is 1. The normalized spacial score (nSPS) is 13.0. The molecule has 3 aromatic rings. The molecule has 5 nitrogen and oxygen atoms in total. The van der Waals surface area contributed by atoms with Gasteiger partial charge in [-0.05, 0) is 54.8 Å². The third-order valence-corrected chi connectivity index (χ3v) is 6.69. The van der Waals surface area contributed by atoms with Gasteiger partial charge >= 0.3 is 0 Å². The fraction of sp³-hybridized carbons (Fsp3) is 0.467. The van der Waals surface area contributed by atoms with Gasteiger partial charge in [-0.1, -0.05) is 87.4 Å². The zero-order valence-corrected chi connectivity index (χ0v) is 21.2. The number of benzene rings is 2. The fourth-order valence-electron chi connectivity index (χ4n) is 4.57. The Hall–Kier alpha value is -2.76. The van der Waals surface area contributed by atoms with E-state index in [2.05, 4.69) is 65.0 Å². The molecule has 0 saturated heterocycles. The van der Waals surface area contributed by atoms with Crippen LogP contribution in [0.5, 0.6) is 0 Å². The topological polar surface area (TPSA) is 80.0 Å². The Morgan fingerprint density at radius 1 is 0.886 bits per heavy atom. The number of unbranched alkanes of at least 4 members (excludes halogenated alkanes) is 7. The fourth-order valence-corrected chi connectivity index (χ4v) is 4.57. The van der Waals surface area contributed by atoms with E-state index in [0.717, 1.165) is 19.4 Å². The zero-order chi connectivity index (χ0) is 24.7. The lowest BCUT2D eigenvalue weighted by Gasteiger charge is -2.16. The highest BCUT2D eigenvalue weighted by Crippen LogP contribution is 2.24. The molecule has 0 aliphatic rings. The van der Waals surface area contributed by atoms with Gasteiger partial charge in [-0.3, -0.25) is 9.78 Å². The van der Waals surface area contributed by atoms with E-state index in [0.29, 0.717) is 18.2 Å². The molecule has 0 spiro atoms. The Morgan fingerprint density at radius 3 is 2.37 bits per heavy atom. The van der Waals surface area contributed by atoms with Crippen LogP contribution in [-0.4, -0.2) is 30.0 Å². The van der Waals surface area contributed by atoms with Crippen LogP contribution in [0.4, 0.5) is 0 Å². The average Bonchev–Trinajstić information content (AvgIpc) is 2.90. The number of rotatable bonds is 16. The number of carbonyl (C=O) groups excluding carboxylic acids is 1. The molecule has 0 bridgehead atoms. The van der Waals surface area contributed by atoms with Crippen molar-refractivity contribution >= 4 is 16.7 Å². The van der Waals surface area contributed by atoms with Crippen LogP contribution < -0.4 is 16.4 Å². The quantitative estimate of drug-likeness (QED) is 0.217. The Balaban J connectivity index is 1.15. The first-order valence-corrected chi connectivity index (χ1v) is 13.3. The van der Waals surface area contributed by atoms with E-state index in [9.17, 15) is 4.79 Å². The average molecular weight is 475 g/mol. The second-order valence-corrected chi connectivity index (χ2v) is 9.57. The molecule has 1 aromatic heterocycles. The minimum Gasteiger partial charge on any atom is -0.350 e. The summed E-state index contributed by atoms with van der Waals surface area (Å²) < 4.78 is 0. The molecule has 0 aliphatic carbocycles. The minimum absolute atomic E-state index is 0.0133. The van der Waals surface area contributed by atoms with Gasteiger partial charge in [0.25, 0.3) is 5.91 Å². The second-order valence-electron chi connectivity index (χ2n) is 9.57. The first kappa shape index (κ1) is 26.8. The van der Waals surface area contributed by atoms with E-state index >= 15 is 0 Å². The van der Waals surface area contributed by atoms with Gasteiger partial charge in [0.1, 0.15) is 0 Å². The molecule has 0 radical (unpaired) electrons. The molecular weight excluding hydrogens is 432 g/mol. The summed E-state index contributed by atoms with van der Waals surface area (Å²) in [6, 6.07) is 19.1. The van der Waals surface area contributed by atoms with Crippen molar-refractivity contribution in [3.8, 4) is 0 Å². The summed E-state index contributed by atoms with van der Waals surface area (Å²) >= 11 is 0. The third-order valence-electron chi connectivity index (χ3n) is 6.69. The smallest absolute Gasteiger partial charge is 0.252 e. The number of fused-ring (bicyclic) bond motifs is 1. The van der Waals surface area contributed by atoms with Crippen molar-refractivity contribution in [2.45, 2.75) is 76.8 Å². The number of hydrogen-bond donors (Lipinski definition) is 3. The summed E-state index contributed by atoms with van der Waals surface area (Å²) in [5, 5.41) is 9.27. The molecule has 2 unspecified atom stereocenters. The van der Waals surface area contributed by atoms with Crippen LogP contribution in [0.1, 0.15) is 86.7 Å². The van der Waals surface area contributed by atoms with E-state index < -0.39 is 0 Å². The molecule has 4 N–H and O–H groups in total. The van der Waals surface area contributed by atoms with Gasteiger partial charge in [0, 0.05) is 31.0 Å². The van der Waals surface area contributed by atoms with Crippen LogP contribution in [0, 0.1) is 0 Å². The van der Waals surface area contributed by atoms with Gasteiger partial charge in [0.05, 0.1) is 5.56 Å². The van der Waals surface area contributed by atoms with Crippen molar-refractivity contribution in [1.29, 1.82) is 0 Å². The molecule has 3 rings (SSSR count). The first-order chi connectivity index (χ1) is 17.1. The second kappa shape index (κ2) is 15.3. The highest BCUT2D eigenvalue weighted by Gasteiger charge is 2.09. The van der Waals surface area contributed by atoms with Crippen molar-refractivity contribution in [2.24, 2.45) is 5.73 Å². The largest absolute Gasteiger partial charge is 0.350 e. The number of nitrogens with one attached hydrogen (secondary N) is 2. The van der Waals surface area contributed by atoms with Gasteiger partial charge < -0.3 is 16.4 Å². The predicted octanol–water partition coefficient (Wildman–Crippen LogP) is 6.15. The first-order valence-electron chi connectivity index (χ1n) is 13.3. The van der Waals surface area contributed by atoms with E-state index in [1.807, 2.05) is 0 Å². The molecule has 35 heavy (non-hydrogen) atoms. The van der Waals surface area contributed by atoms with Crippen LogP contribution >= 0.6 is 0 Å². The molecule has 1 amide bonds. The van der Waals surface area contributed by atoms with E-state index in [-0.39, 0.29) is 11.9 Å². The van der Waals surface area contributed by atoms with Gasteiger partial charge in [-0.2, -0.15) is 0 Å². The van der Waals surface area contributed by atoms with E-state index in [1.54, 1.807) is 24.5 Å².